The van der Waals surface area contributed by atoms with Crippen LogP contribution in [0.5, 0.6) is 0 Å². The third-order valence-corrected chi connectivity index (χ3v) is 9.96. The van der Waals surface area contributed by atoms with Gasteiger partial charge in [-0.1, -0.05) is 18.2 Å². The normalized spacial score (nSPS) is 39.3. The average Bonchev–Trinajstić information content (AvgIpc) is 3.20. The Morgan fingerprint density at radius 1 is 0.776 bits per heavy atom. The fraction of sp³-hybridized carbons (Fsp3) is 0.636. The van der Waals surface area contributed by atoms with Gasteiger partial charge in [-0.25, -0.2) is 4.79 Å². The summed E-state index contributed by atoms with van der Waals surface area (Å²) in [7, 11) is 0. The molecule has 49 heavy (non-hydrogen) atoms. The summed E-state index contributed by atoms with van der Waals surface area (Å²) in [5.74, 6) is -6.25. The van der Waals surface area contributed by atoms with Crippen LogP contribution >= 0.6 is 0 Å². The van der Waals surface area contributed by atoms with Crippen molar-refractivity contribution in [2.75, 3.05) is 13.2 Å². The third kappa shape index (κ3) is 5.54. The number of esters is 6. The maximum absolute atomic E-state index is 13.2. The molecule has 1 aromatic carbocycles. The Morgan fingerprint density at radius 2 is 1.41 bits per heavy atom. The van der Waals surface area contributed by atoms with Crippen molar-refractivity contribution in [1.82, 2.24) is 0 Å². The van der Waals surface area contributed by atoms with E-state index in [4.69, 9.17) is 47.4 Å². The molecule has 0 unspecified atom stereocenters. The van der Waals surface area contributed by atoms with E-state index in [1.165, 1.54) is 13.8 Å². The Kier molecular flexibility index (Phi) is 8.74. The van der Waals surface area contributed by atoms with Gasteiger partial charge in [0.2, 0.25) is 5.79 Å². The third-order valence-electron chi connectivity index (χ3n) is 9.96. The zero-order valence-electron chi connectivity index (χ0n) is 27.8. The fourth-order valence-corrected chi connectivity index (χ4v) is 8.34. The van der Waals surface area contributed by atoms with Crippen LogP contribution < -0.4 is 0 Å². The Morgan fingerprint density at radius 3 is 2.02 bits per heavy atom. The first-order valence-electron chi connectivity index (χ1n) is 15.8. The van der Waals surface area contributed by atoms with E-state index in [0.717, 1.165) is 20.8 Å². The van der Waals surface area contributed by atoms with Gasteiger partial charge in [-0.3, -0.25) is 24.0 Å². The molecule has 1 aromatic rings. The first kappa shape index (κ1) is 34.7. The smallest absolute Gasteiger partial charge is 0.338 e. The predicted molar refractivity (Wildman–Crippen MR) is 157 cm³/mol. The second kappa shape index (κ2) is 12.3. The summed E-state index contributed by atoms with van der Waals surface area (Å²) in [6.07, 6.45) is -8.08. The highest BCUT2D eigenvalue weighted by Crippen LogP contribution is 2.82. The summed E-state index contributed by atoms with van der Waals surface area (Å²) >= 11 is 0. The monoisotopic (exact) mass is 690 g/mol. The second-order valence-electron chi connectivity index (χ2n) is 13.1. The first-order valence-corrected chi connectivity index (χ1v) is 15.8. The van der Waals surface area contributed by atoms with Gasteiger partial charge < -0.3 is 47.4 Å². The summed E-state index contributed by atoms with van der Waals surface area (Å²) in [5.41, 5.74) is -3.61. The van der Waals surface area contributed by atoms with E-state index in [1.807, 2.05) is 0 Å². The zero-order chi connectivity index (χ0) is 35.5. The topological polar surface area (TPSA) is 195 Å². The minimum atomic E-state index is -1.55. The van der Waals surface area contributed by atoms with Crippen LogP contribution in [0.1, 0.15) is 64.7 Å². The van der Waals surface area contributed by atoms with Crippen LogP contribution in [0, 0.1) is 11.3 Å². The van der Waals surface area contributed by atoms with Gasteiger partial charge in [-0.15, -0.1) is 0 Å². The van der Waals surface area contributed by atoms with Crippen LogP contribution in [0.4, 0.5) is 0 Å². The Bertz CT molecular complexity index is 1550. The molecule has 4 heterocycles. The van der Waals surface area contributed by atoms with E-state index in [9.17, 15) is 28.8 Å². The van der Waals surface area contributed by atoms with Crippen LogP contribution in [0.3, 0.4) is 0 Å². The molecule has 8 rings (SSSR count). The molecule has 3 saturated carbocycles. The Hall–Kier alpha value is -4.12. The predicted octanol–water partition coefficient (Wildman–Crippen LogP) is 1.50. The maximum atomic E-state index is 13.2. The highest BCUT2D eigenvalue weighted by Gasteiger charge is 2.96. The molecule has 4 aliphatic heterocycles. The molecule has 0 aromatic heterocycles. The molecular formula is C33H38O16. The van der Waals surface area contributed by atoms with Crippen LogP contribution in [-0.4, -0.2) is 103 Å². The van der Waals surface area contributed by atoms with Crippen molar-refractivity contribution in [1.29, 1.82) is 0 Å². The molecule has 7 aliphatic rings. The highest BCUT2D eigenvalue weighted by atomic mass is 16.8. The number of ether oxygens (including phenoxy) is 10. The van der Waals surface area contributed by atoms with Gasteiger partial charge in [0, 0.05) is 47.0 Å². The Labute approximate surface area is 280 Å². The molecule has 0 amide bonds. The summed E-state index contributed by atoms with van der Waals surface area (Å²) in [4.78, 5) is 74.4. The molecule has 7 fully saturated rings. The summed E-state index contributed by atoms with van der Waals surface area (Å²) < 4.78 is 59.5. The summed E-state index contributed by atoms with van der Waals surface area (Å²) in [6.45, 7) is 6.77. The summed E-state index contributed by atoms with van der Waals surface area (Å²) in [5, 5.41) is 0. The van der Waals surface area contributed by atoms with Crippen molar-refractivity contribution in [3.63, 3.8) is 0 Å². The lowest BCUT2D eigenvalue weighted by Gasteiger charge is -2.68. The molecule has 266 valence electrons. The number of hydrogen-bond acceptors (Lipinski definition) is 16. The minimum Gasteiger partial charge on any atom is -0.463 e. The van der Waals surface area contributed by atoms with Crippen LogP contribution in [-0.2, 0) is 71.3 Å². The molecule has 4 saturated heterocycles. The zero-order valence-corrected chi connectivity index (χ0v) is 27.8. The number of benzene rings is 1. The van der Waals surface area contributed by atoms with E-state index in [-0.39, 0.29) is 19.4 Å². The minimum absolute atomic E-state index is 0.0282. The molecule has 3 aliphatic carbocycles. The van der Waals surface area contributed by atoms with Gasteiger partial charge in [-0.2, -0.15) is 0 Å². The molecular weight excluding hydrogens is 652 g/mol. The SMILES string of the molecule is CC(=O)OC[C@H]1O[C@@H](O[C@@]23C[C@H]4[C@@]5(OC(C)=O)C[C@]2(C)O[C@H](O5)[C@]43COC(=O)c2ccccc2)[C@H](OC(C)=O)[C@@H](OC(C)=O)[C@@H]1OC(C)=O. The quantitative estimate of drug-likeness (QED) is 0.239. The van der Waals surface area contributed by atoms with Gasteiger partial charge in [-0.05, 0) is 25.5 Å². The van der Waals surface area contributed by atoms with Crippen LogP contribution in [0.2, 0.25) is 0 Å². The number of rotatable bonds is 11. The van der Waals surface area contributed by atoms with Crippen LogP contribution in [0.25, 0.3) is 0 Å². The molecule has 0 N–H and O–H groups in total. The molecule has 16 heteroatoms. The molecule has 11 atom stereocenters. The Balaban J connectivity index is 1.40. The van der Waals surface area contributed by atoms with Crippen LogP contribution in [0.15, 0.2) is 30.3 Å². The second-order valence-corrected chi connectivity index (χ2v) is 13.1. The number of carbonyl (C=O) groups excluding carboxylic acids is 6. The average molecular weight is 691 g/mol. The summed E-state index contributed by atoms with van der Waals surface area (Å²) in [6, 6.07) is 8.32. The van der Waals surface area contributed by atoms with E-state index in [2.05, 4.69) is 0 Å². The largest absolute Gasteiger partial charge is 0.463 e. The fourth-order valence-electron chi connectivity index (χ4n) is 8.34. The van der Waals surface area contributed by atoms with Crippen molar-refractivity contribution in [2.24, 2.45) is 11.3 Å². The lowest BCUT2D eigenvalue weighted by Crippen LogP contribution is -2.81. The van der Waals surface area contributed by atoms with Gasteiger partial charge in [0.1, 0.15) is 30.5 Å². The number of carbonyl (C=O) groups is 6. The van der Waals surface area contributed by atoms with Crippen molar-refractivity contribution < 1.29 is 76.1 Å². The van der Waals surface area contributed by atoms with Crippen molar-refractivity contribution in [3.05, 3.63) is 35.9 Å². The van der Waals surface area contributed by atoms with E-state index in [1.54, 1.807) is 37.3 Å². The van der Waals surface area contributed by atoms with Gasteiger partial charge in [0.05, 0.1) is 11.0 Å². The van der Waals surface area contributed by atoms with Gasteiger partial charge >= 0.3 is 35.8 Å². The molecule has 16 nitrogen and oxygen atoms in total. The lowest BCUT2D eigenvalue weighted by atomic mass is 9.41. The number of hydrogen-bond donors (Lipinski definition) is 0. The van der Waals surface area contributed by atoms with E-state index < -0.39 is 108 Å². The van der Waals surface area contributed by atoms with Crippen molar-refractivity contribution >= 4 is 35.8 Å². The maximum Gasteiger partial charge on any atom is 0.338 e. The molecule has 0 spiro atoms. The van der Waals surface area contributed by atoms with E-state index >= 15 is 0 Å². The standard InChI is InChI=1S/C33H38O16/c1-16(34)40-13-22-24(42-17(2)35)25(43-18(3)36)26(44-19(4)37)28(45-22)47-33-12-23-31(33,15-41-27(39)21-10-8-7-9-11-21)29-48-30(33,6)14-32(23,49-29)46-20(5)38/h7-11,22-26,28-29H,12-15H2,1-6H3/t22-,23-,24-,25+,26-,28+,29-,30+,31+,32-,33+/m1/s1. The lowest BCUT2D eigenvalue weighted by molar-refractivity contribution is -0.423. The highest BCUT2D eigenvalue weighted by molar-refractivity contribution is 5.89. The van der Waals surface area contributed by atoms with Crippen molar-refractivity contribution in [3.8, 4) is 0 Å². The van der Waals surface area contributed by atoms with Gasteiger partial charge in [0.25, 0.3) is 0 Å². The molecule has 0 radical (unpaired) electrons. The van der Waals surface area contributed by atoms with E-state index in [0.29, 0.717) is 5.56 Å². The molecule has 6 bridgehead atoms. The van der Waals surface area contributed by atoms with Gasteiger partial charge in [0.15, 0.2) is 30.9 Å². The van der Waals surface area contributed by atoms with Crippen molar-refractivity contribution in [2.45, 2.75) is 108 Å². The first-order chi connectivity index (χ1) is 23.1.